The molecular formula is C45H48Cl4N4O9. The molecule has 0 spiro atoms. The average molecular weight is 931 g/mol. The summed E-state index contributed by atoms with van der Waals surface area (Å²) in [7, 11) is 0. The van der Waals surface area contributed by atoms with Crippen LogP contribution in [-0.4, -0.2) is 40.3 Å². The predicted molar refractivity (Wildman–Crippen MR) is 243 cm³/mol. The lowest BCUT2D eigenvalue weighted by molar-refractivity contribution is -0.107. The molecule has 0 radical (unpaired) electrons. The Balaban J connectivity index is 0.000000778. The van der Waals surface area contributed by atoms with E-state index in [1.807, 2.05) is 45.6 Å². The first-order valence-corrected chi connectivity index (χ1v) is 20.5. The van der Waals surface area contributed by atoms with E-state index in [2.05, 4.69) is 47.4 Å². The number of nitrogens with zero attached hydrogens (tertiary/aromatic N) is 4. The van der Waals surface area contributed by atoms with Gasteiger partial charge in [0.2, 0.25) is 0 Å². The molecule has 0 aliphatic heterocycles. The number of hydrogen-bond donors (Lipinski definition) is 0. The molecule has 7 rings (SSSR count). The number of hydrogen-bond acceptors (Lipinski definition) is 13. The van der Waals surface area contributed by atoms with Crippen LogP contribution in [0.2, 0.25) is 5.02 Å². The van der Waals surface area contributed by atoms with Gasteiger partial charge in [-0.05, 0) is 92.3 Å². The van der Waals surface area contributed by atoms with Crippen molar-refractivity contribution in [2.75, 3.05) is 0 Å². The lowest BCUT2D eigenvalue weighted by Crippen LogP contribution is -1.98. The van der Waals surface area contributed by atoms with Crippen molar-refractivity contribution < 1.29 is 41.5 Å². The Hall–Kier alpha value is -5.73. The SMILES string of the molecule is C=CC=C.C=O.C=O.CC1=C(c2ccc(-c3nnc(COc4ccc(OCc5nnc(-c6ccc(C7=C(Cl)C=C(Cl)CC7)o6)o5)cc4Cl)o3)o2)CCC(Cl)=C1.CCC.CCC=O. The molecule has 0 unspecified atom stereocenters. The van der Waals surface area contributed by atoms with E-state index >= 15 is 0 Å². The maximum atomic E-state index is 9.17. The van der Waals surface area contributed by atoms with E-state index < -0.39 is 0 Å². The molecule has 0 saturated heterocycles. The molecule has 4 aromatic heterocycles. The van der Waals surface area contributed by atoms with Crippen LogP contribution in [0.3, 0.4) is 0 Å². The van der Waals surface area contributed by atoms with Gasteiger partial charge in [-0.2, -0.15) is 0 Å². The number of furan rings is 2. The second-order valence-corrected chi connectivity index (χ2v) is 14.2. The summed E-state index contributed by atoms with van der Waals surface area (Å²) in [5, 5.41) is 18.7. The zero-order valence-electron chi connectivity index (χ0n) is 34.9. The molecule has 17 heteroatoms. The van der Waals surface area contributed by atoms with Gasteiger partial charge in [0, 0.05) is 33.2 Å². The van der Waals surface area contributed by atoms with Gasteiger partial charge in [0.1, 0.15) is 42.9 Å². The van der Waals surface area contributed by atoms with E-state index in [-0.39, 0.29) is 36.8 Å². The van der Waals surface area contributed by atoms with Crippen molar-refractivity contribution in [2.24, 2.45) is 0 Å². The van der Waals surface area contributed by atoms with Gasteiger partial charge in [-0.1, -0.05) is 98.9 Å². The van der Waals surface area contributed by atoms with Crippen LogP contribution >= 0.6 is 46.4 Å². The third kappa shape index (κ3) is 16.3. The van der Waals surface area contributed by atoms with Crippen LogP contribution in [0.4, 0.5) is 0 Å². The molecule has 0 N–H and O–H groups in total. The van der Waals surface area contributed by atoms with Crippen LogP contribution in [0.1, 0.15) is 89.5 Å². The summed E-state index contributed by atoms with van der Waals surface area (Å²) >= 11 is 25.0. The largest absolute Gasteiger partial charge is 0.484 e. The van der Waals surface area contributed by atoms with E-state index in [0.29, 0.717) is 63.1 Å². The Bertz CT molecular complexity index is 2310. The molecule has 2 aliphatic carbocycles. The maximum Gasteiger partial charge on any atom is 0.283 e. The maximum absolute atomic E-state index is 9.17. The highest BCUT2D eigenvalue weighted by Gasteiger charge is 2.21. The first-order chi connectivity index (χ1) is 30.0. The molecule has 0 amide bonds. The zero-order valence-corrected chi connectivity index (χ0v) is 37.9. The average Bonchev–Trinajstić information content (AvgIpc) is 4.13. The summed E-state index contributed by atoms with van der Waals surface area (Å²) in [5.74, 6) is 4.10. The number of allylic oxidation sites excluding steroid dienone is 10. The minimum absolute atomic E-state index is 0.00123. The van der Waals surface area contributed by atoms with E-state index in [0.717, 1.165) is 46.6 Å². The minimum atomic E-state index is 0.00123. The Morgan fingerprint density at radius 1 is 0.645 bits per heavy atom. The number of aldehydes is 1. The second-order valence-electron chi connectivity index (χ2n) is 12.4. The summed E-state index contributed by atoms with van der Waals surface area (Å²) in [5.41, 5.74) is 3.03. The van der Waals surface area contributed by atoms with Crippen molar-refractivity contribution in [1.82, 2.24) is 20.4 Å². The van der Waals surface area contributed by atoms with Crippen LogP contribution in [0, 0.1) is 0 Å². The van der Waals surface area contributed by atoms with Crippen LogP contribution in [0.5, 0.6) is 11.5 Å². The molecule has 2 aliphatic rings. The van der Waals surface area contributed by atoms with Gasteiger partial charge in [-0.25, -0.2) is 0 Å². The first kappa shape index (κ1) is 52.4. The van der Waals surface area contributed by atoms with E-state index in [4.69, 9.17) is 83.1 Å². The molecule has 330 valence electrons. The summed E-state index contributed by atoms with van der Waals surface area (Å²) in [6.07, 6.45) is 12.7. The Kier molecular flexibility index (Phi) is 24.3. The molecule has 1 aromatic carbocycles. The van der Waals surface area contributed by atoms with Crippen LogP contribution in [0.15, 0.2) is 118 Å². The third-order valence-electron chi connectivity index (χ3n) is 7.76. The molecule has 4 heterocycles. The van der Waals surface area contributed by atoms with Crippen molar-refractivity contribution in [3.8, 4) is 34.8 Å². The number of carbonyl (C=O) groups excluding carboxylic acids is 3. The quantitative estimate of drug-likeness (QED) is 0.0854. The molecule has 0 bridgehead atoms. The number of benzene rings is 1. The van der Waals surface area contributed by atoms with E-state index in [1.165, 1.54) is 6.42 Å². The summed E-state index contributed by atoms with van der Waals surface area (Å²) in [4.78, 5) is 25.2. The number of ether oxygens (including phenoxy) is 2. The van der Waals surface area contributed by atoms with Gasteiger partial charge in [-0.15, -0.1) is 20.4 Å². The van der Waals surface area contributed by atoms with Crippen molar-refractivity contribution in [2.45, 2.75) is 79.4 Å². The third-order valence-corrected chi connectivity index (χ3v) is 8.99. The number of carbonyl (C=O) groups is 3. The second kappa shape index (κ2) is 28.7. The van der Waals surface area contributed by atoms with E-state index in [9.17, 15) is 4.79 Å². The highest BCUT2D eigenvalue weighted by Crippen LogP contribution is 2.38. The molecule has 62 heavy (non-hydrogen) atoms. The molecule has 0 saturated carbocycles. The molecule has 0 fully saturated rings. The highest BCUT2D eigenvalue weighted by atomic mass is 35.5. The van der Waals surface area contributed by atoms with Crippen LogP contribution in [-0.2, 0) is 27.6 Å². The molecular weight excluding hydrogens is 882 g/mol. The number of halogens is 4. The standard InChI is InChI=1S/C33H24Cl4N4O6.C4H6.C3H6O.C3H8.2CH2O/c1-17-12-18(34)2-5-21(17)25-8-10-28(44-25)32-41-39-31(47-32)16-43-27-7-4-20(14-24(27)37)42-15-30-38-40-33(46-30)29-11-9-26(45-29)22-6-3-19(35)13-23(22)36;1-3-4-2;1-2-3-4;1-3-2;2*1-2/h4,7-14H,2-3,5-6,15-16H2,1H3;3-4H,1-2H2;3H,2H2,1H3;3H2,1-2H3;2*1H2. The summed E-state index contributed by atoms with van der Waals surface area (Å²) in [6.45, 7) is 18.8. The molecule has 5 aromatic rings. The van der Waals surface area contributed by atoms with Crippen molar-refractivity contribution >= 4 is 77.4 Å². The van der Waals surface area contributed by atoms with Gasteiger partial charge < -0.3 is 41.5 Å². The van der Waals surface area contributed by atoms with Crippen molar-refractivity contribution in [1.29, 1.82) is 0 Å². The number of aromatic nitrogens is 4. The van der Waals surface area contributed by atoms with Gasteiger partial charge in [0.05, 0.1) is 5.02 Å². The van der Waals surface area contributed by atoms with Crippen molar-refractivity contribution in [3.63, 3.8) is 0 Å². The minimum Gasteiger partial charge on any atom is -0.484 e. The monoisotopic (exact) mass is 928 g/mol. The summed E-state index contributed by atoms with van der Waals surface area (Å²) < 4.78 is 35.0. The smallest absolute Gasteiger partial charge is 0.283 e. The van der Waals surface area contributed by atoms with Gasteiger partial charge in [-0.3, -0.25) is 0 Å². The summed E-state index contributed by atoms with van der Waals surface area (Å²) in [6, 6.07) is 12.2. The Morgan fingerprint density at radius 3 is 1.58 bits per heavy atom. The molecule has 0 atom stereocenters. The van der Waals surface area contributed by atoms with Gasteiger partial charge in [0.25, 0.3) is 23.6 Å². The lowest BCUT2D eigenvalue weighted by Gasteiger charge is -2.12. The van der Waals surface area contributed by atoms with Crippen LogP contribution in [0.25, 0.3) is 34.4 Å². The topological polar surface area (TPSA) is 174 Å². The zero-order chi connectivity index (χ0) is 46.0. The lowest BCUT2D eigenvalue weighted by atomic mass is 9.97. The number of rotatable bonds is 12. The molecule has 13 nitrogen and oxygen atoms in total. The predicted octanol–water partition coefficient (Wildman–Crippen LogP) is 13.3. The Labute approximate surface area is 380 Å². The first-order valence-electron chi connectivity index (χ1n) is 19.0. The Morgan fingerprint density at radius 2 is 1.11 bits per heavy atom. The fourth-order valence-corrected chi connectivity index (χ4v) is 6.14. The highest BCUT2D eigenvalue weighted by molar-refractivity contribution is 6.37. The fraction of sp³-hybridized carbons (Fsp3) is 0.267. The fourth-order valence-electron chi connectivity index (χ4n) is 5.08. The van der Waals surface area contributed by atoms with Crippen LogP contribution < -0.4 is 9.47 Å². The van der Waals surface area contributed by atoms with Gasteiger partial charge in [0.15, 0.2) is 24.7 Å². The van der Waals surface area contributed by atoms with Crippen molar-refractivity contribution in [3.05, 3.63) is 129 Å². The van der Waals surface area contributed by atoms with Gasteiger partial charge >= 0.3 is 0 Å². The van der Waals surface area contributed by atoms with E-state index in [1.54, 1.807) is 48.6 Å². The normalized spacial score (nSPS) is 12.7.